The molecule has 21 heavy (non-hydrogen) atoms. The van der Waals surface area contributed by atoms with Crippen LogP contribution in [0.5, 0.6) is 0 Å². The van der Waals surface area contributed by atoms with Crippen molar-refractivity contribution in [1.29, 1.82) is 0 Å². The lowest BCUT2D eigenvalue weighted by molar-refractivity contribution is 0.225. The molecule has 1 heterocycles. The first-order valence-corrected chi connectivity index (χ1v) is 8.06. The first-order chi connectivity index (χ1) is 9.91. The lowest BCUT2D eigenvalue weighted by atomic mass is 9.80. The average Bonchev–Trinajstić information content (AvgIpc) is 2.90. The zero-order valence-electron chi connectivity index (χ0n) is 13.8. The molecule has 1 aromatic carbocycles. The third kappa shape index (κ3) is 4.27. The van der Waals surface area contributed by atoms with Gasteiger partial charge in [-0.25, -0.2) is 4.39 Å². The standard InChI is InChI=1S/C18H29FN2/c1-18(2,3)14-9-11-21(13-14)12-10-17(20-4)15-7-5-6-8-16(15)19/h5-8,14,17,20H,9-13H2,1-4H3. The highest BCUT2D eigenvalue weighted by atomic mass is 19.1. The van der Waals surface area contributed by atoms with Gasteiger partial charge in [-0.05, 0) is 50.4 Å². The molecule has 2 nitrogen and oxygen atoms in total. The Morgan fingerprint density at radius 1 is 1.33 bits per heavy atom. The molecule has 0 spiro atoms. The van der Waals surface area contributed by atoms with Crippen molar-refractivity contribution in [1.82, 2.24) is 10.2 Å². The molecule has 0 radical (unpaired) electrons. The largest absolute Gasteiger partial charge is 0.313 e. The van der Waals surface area contributed by atoms with Gasteiger partial charge in [-0.3, -0.25) is 0 Å². The van der Waals surface area contributed by atoms with Crippen LogP contribution in [0.3, 0.4) is 0 Å². The van der Waals surface area contributed by atoms with E-state index in [1.165, 1.54) is 19.5 Å². The number of likely N-dealkylation sites (tertiary alicyclic amines) is 1. The summed E-state index contributed by atoms with van der Waals surface area (Å²) in [5.74, 6) is 0.671. The summed E-state index contributed by atoms with van der Waals surface area (Å²) < 4.78 is 13.9. The lowest BCUT2D eigenvalue weighted by Crippen LogP contribution is -2.29. The highest BCUT2D eigenvalue weighted by Gasteiger charge is 2.31. The van der Waals surface area contributed by atoms with Crippen molar-refractivity contribution < 1.29 is 4.39 Å². The smallest absolute Gasteiger partial charge is 0.127 e. The van der Waals surface area contributed by atoms with Gasteiger partial charge in [-0.1, -0.05) is 39.0 Å². The Bertz CT molecular complexity index is 453. The summed E-state index contributed by atoms with van der Waals surface area (Å²) in [6.45, 7) is 10.4. The highest BCUT2D eigenvalue weighted by Crippen LogP contribution is 2.34. The number of nitrogens with zero attached hydrogens (tertiary/aromatic N) is 1. The molecule has 3 heteroatoms. The summed E-state index contributed by atoms with van der Waals surface area (Å²) in [7, 11) is 1.92. The highest BCUT2D eigenvalue weighted by molar-refractivity contribution is 5.21. The zero-order chi connectivity index (χ0) is 15.5. The predicted octanol–water partition coefficient (Wildman–Crippen LogP) is 3.84. The summed E-state index contributed by atoms with van der Waals surface area (Å²) in [5.41, 5.74) is 1.18. The van der Waals surface area contributed by atoms with Crippen molar-refractivity contribution in [3.8, 4) is 0 Å². The van der Waals surface area contributed by atoms with Crippen LogP contribution in [0.1, 0.15) is 45.2 Å². The molecule has 0 aliphatic carbocycles. The second-order valence-electron chi connectivity index (χ2n) is 7.30. The van der Waals surface area contributed by atoms with Crippen molar-refractivity contribution in [2.24, 2.45) is 11.3 Å². The zero-order valence-corrected chi connectivity index (χ0v) is 13.8. The SMILES string of the molecule is CNC(CCN1CCC(C(C)(C)C)C1)c1ccccc1F. The minimum atomic E-state index is -0.106. The number of hydrogen-bond acceptors (Lipinski definition) is 2. The summed E-state index contributed by atoms with van der Waals surface area (Å²) in [5, 5.41) is 3.26. The maximum absolute atomic E-state index is 13.9. The van der Waals surface area contributed by atoms with E-state index in [-0.39, 0.29) is 11.9 Å². The van der Waals surface area contributed by atoms with Gasteiger partial charge in [0.1, 0.15) is 5.82 Å². The van der Waals surface area contributed by atoms with E-state index in [0.717, 1.165) is 24.4 Å². The second kappa shape index (κ2) is 6.89. The van der Waals surface area contributed by atoms with E-state index < -0.39 is 0 Å². The molecule has 1 fully saturated rings. The van der Waals surface area contributed by atoms with Crippen LogP contribution in [0.15, 0.2) is 24.3 Å². The minimum Gasteiger partial charge on any atom is -0.313 e. The van der Waals surface area contributed by atoms with Gasteiger partial charge in [0.25, 0.3) is 0 Å². The molecule has 118 valence electrons. The monoisotopic (exact) mass is 292 g/mol. The Balaban J connectivity index is 1.89. The van der Waals surface area contributed by atoms with E-state index in [2.05, 4.69) is 31.0 Å². The molecule has 2 rings (SSSR count). The fraction of sp³-hybridized carbons (Fsp3) is 0.667. The van der Waals surface area contributed by atoms with Gasteiger partial charge in [0.05, 0.1) is 0 Å². The van der Waals surface area contributed by atoms with Crippen LogP contribution < -0.4 is 5.32 Å². The Labute approximate surface area is 128 Å². The number of halogens is 1. The second-order valence-corrected chi connectivity index (χ2v) is 7.30. The van der Waals surface area contributed by atoms with E-state index in [1.807, 2.05) is 19.2 Å². The molecule has 1 N–H and O–H groups in total. The molecular formula is C18H29FN2. The Morgan fingerprint density at radius 2 is 2.05 bits per heavy atom. The molecule has 0 aromatic heterocycles. The molecule has 1 aliphatic rings. The van der Waals surface area contributed by atoms with Gasteiger partial charge >= 0.3 is 0 Å². The first-order valence-electron chi connectivity index (χ1n) is 8.06. The molecule has 2 atom stereocenters. The van der Waals surface area contributed by atoms with Gasteiger partial charge < -0.3 is 10.2 Å². The predicted molar refractivity (Wildman–Crippen MR) is 86.8 cm³/mol. The van der Waals surface area contributed by atoms with Gasteiger partial charge in [-0.2, -0.15) is 0 Å². The van der Waals surface area contributed by atoms with Gasteiger partial charge in [0.15, 0.2) is 0 Å². The number of rotatable bonds is 5. The summed E-state index contributed by atoms with van der Waals surface area (Å²) in [4.78, 5) is 2.53. The van der Waals surface area contributed by atoms with Crippen molar-refractivity contribution in [2.75, 3.05) is 26.7 Å². The molecule has 1 aliphatic heterocycles. The van der Waals surface area contributed by atoms with Crippen molar-refractivity contribution in [3.05, 3.63) is 35.6 Å². The normalized spacial score (nSPS) is 21.7. The van der Waals surface area contributed by atoms with Crippen LogP contribution in [0.25, 0.3) is 0 Å². The Morgan fingerprint density at radius 3 is 2.62 bits per heavy atom. The van der Waals surface area contributed by atoms with E-state index in [0.29, 0.717) is 5.41 Å². The number of hydrogen-bond donors (Lipinski definition) is 1. The van der Waals surface area contributed by atoms with E-state index in [9.17, 15) is 4.39 Å². The molecular weight excluding hydrogens is 263 g/mol. The van der Waals surface area contributed by atoms with Crippen LogP contribution in [0.4, 0.5) is 4.39 Å². The molecule has 1 saturated heterocycles. The molecule has 0 bridgehead atoms. The fourth-order valence-electron chi connectivity index (χ4n) is 3.27. The van der Waals surface area contributed by atoms with Crippen LogP contribution >= 0.6 is 0 Å². The van der Waals surface area contributed by atoms with Crippen molar-refractivity contribution in [3.63, 3.8) is 0 Å². The van der Waals surface area contributed by atoms with Gasteiger partial charge in [-0.15, -0.1) is 0 Å². The van der Waals surface area contributed by atoms with Crippen LogP contribution in [-0.4, -0.2) is 31.6 Å². The number of benzene rings is 1. The van der Waals surface area contributed by atoms with Crippen molar-refractivity contribution in [2.45, 2.75) is 39.7 Å². The van der Waals surface area contributed by atoms with Gasteiger partial charge in [0.2, 0.25) is 0 Å². The quantitative estimate of drug-likeness (QED) is 0.887. The summed E-state index contributed by atoms with van der Waals surface area (Å²) in [6.07, 6.45) is 2.24. The van der Waals surface area contributed by atoms with E-state index in [4.69, 9.17) is 0 Å². The topological polar surface area (TPSA) is 15.3 Å². The number of nitrogens with one attached hydrogen (secondary N) is 1. The third-order valence-corrected chi connectivity index (χ3v) is 4.86. The Hall–Kier alpha value is -0.930. The molecule has 0 saturated carbocycles. The summed E-state index contributed by atoms with van der Waals surface area (Å²) in [6, 6.07) is 7.19. The van der Waals surface area contributed by atoms with Crippen molar-refractivity contribution >= 4 is 0 Å². The van der Waals surface area contributed by atoms with E-state index >= 15 is 0 Å². The van der Waals surface area contributed by atoms with Gasteiger partial charge in [0, 0.05) is 18.2 Å². The molecule has 1 aromatic rings. The first kappa shape index (κ1) is 16.4. The van der Waals surface area contributed by atoms with Crippen LogP contribution in [0, 0.1) is 17.2 Å². The Kier molecular flexibility index (Phi) is 5.39. The maximum Gasteiger partial charge on any atom is 0.127 e. The summed E-state index contributed by atoms with van der Waals surface area (Å²) >= 11 is 0. The average molecular weight is 292 g/mol. The van der Waals surface area contributed by atoms with Crippen LogP contribution in [-0.2, 0) is 0 Å². The molecule has 2 unspecified atom stereocenters. The maximum atomic E-state index is 13.9. The minimum absolute atomic E-state index is 0.0971. The lowest BCUT2D eigenvalue weighted by Gasteiger charge is -2.27. The van der Waals surface area contributed by atoms with Crippen LogP contribution in [0.2, 0.25) is 0 Å². The van der Waals surface area contributed by atoms with E-state index in [1.54, 1.807) is 12.1 Å². The third-order valence-electron chi connectivity index (χ3n) is 4.86. The fourth-order valence-corrected chi connectivity index (χ4v) is 3.27. The molecule has 0 amide bonds.